The van der Waals surface area contributed by atoms with Crippen molar-refractivity contribution in [1.82, 2.24) is 9.88 Å². The number of nitrogens with zero attached hydrogens (tertiary/aromatic N) is 3. The van der Waals surface area contributed by atoms with Gasteiger partial charge in [-0.15, -0.1) is 0 Å². The van der Waals surface area contributed by atoms with E-state index in [-0.39, 0.29) is 29.1 Å². The molecule has 0 atom stereocenters. The number of amides is 1. The number of aromatic nitrogens is 1. The molecule has 1 saturated heterocycles. The van der Waals surface area contributed by atoms with E-state index in [0.717, 1.165) is 16.8 Å². The fraction of sp³-hybridized carbons (Fsp3) is 0.219. The molecule has 1 aliphatic rings. The highest BCUT2D eigenvalue weighted by atomic mass is 16.5. The number of para-hydroxylation sites is 2. The van der Waals surface area contributed by atoms with Gasteiger partial charge in [0.15, 0.2) is 0 Å². The van der Waals surface area contributed by atoms with Crippen molar-refractivity contribution in [2.24, 2.45) is 0 Å². The number of rotatable bonds is 7. The van der Waals surface area contributed by atoms with Crippen LogP contribution in [0.25, 0.3) is 11.1 Å². The molecule has 0 aliphatic carbocycles. The number of piperidine rings is 1. The van der Waals surface area contributed by atoms with Crippen LogP contribution in [0, 0.1) is 0 Å². The minimum absolute atomic E-state index is 0.0339. The average Bonchev–Trinajstić information content (AvgIpc) is 2.98. The van der Waals surface area contributed by atoms with Crippen LogP contribution in [0.5, 0.6) is 17.4 Å². The summed E-state index contributed by atoms with van der Waals surface area (Å²) < 4.78 is 11.6. The maximum absolute atomic E-state index is 13.3. The Bertz CT molecular complexity index is 1480. The second kappa shape index (κ2) is 11.9. The number of anilines is 1. The fourth-order valence-corrected chi connectivity index (χ4v) is 4.62. The number of carbonyl (C=O) groups is 2. The van der Waals surface area contributed by atoms with Gasteiger partial charge in [0.05, 0.1) is 5.56 Å². The number of phenolic OH excluding ortho intramolecular Hbond substituents is 1. The average molecular weight is 538 g/mol. The van der Waals surface area contributed by atoms with Crippen molar-refractivity contribution in [3.63, 3.8) is 0 Å². The number of benzene rings is 3. The molecule has 2 heterocycles. The molecule has 0 radical (unpaired) electrons. The quantitative estimate of drug-likeness (QED) is 0.249. The highest BCUT2D eigenvalue weighted by Gasteiger charge is 2.27. The molecule has 5 rings (SSSR count). The summed E-state index contributed by atoms with van der Waals surface area (Å²) in [5.41, 5.74) is 3.56. The smallest absolute Gasteiger partial charge is 0.347 e. The molecular weight excluding hydrogens is 506 g/mol. The van der Waals surface area contributed by atoms with E-state index >= 15 is 0 Å². The van der Waals surface area contributed by atoms with Crippen molar-refractivity contribution in [3.8, 4) is 28.5 Å². The standard InChI is InChI=1S/C32H31N3O5/c1-34(2)24-14-11-22(12-15-24)23-13-16-30(33-21-23)39-25-17-19-35(20-18-25)31(37)27-8-4-6-10-29(27)40-32(38)26-7-3-5-9-28(26)36/h3-16,21,25,36H,17-20H2,1-2H3. The van der Waals surface area contributed by atoms with E-state index in [1.54, 1.807) is 41.3 Å². The maximum Gasteiger partial charge on any atom is 0.347 e. The van der Waals surface area contributed by atoms with Gasteiger partial charge in [-0.05, 0) is 48.0 Å². The van der Waals surface area contributed by atoms with Crippen molar-refractivity contribution in [1.29, 1.82) is 0 Å². The summed E-state index contributed by atoms with van der Waals surface area (Å²) in [4.78, 5) is 34.2. The number of esters is 1. The topological polar surface area (TPSA) is 92.2 Å². The summed E-state index contributed by atoms with van der Waals surface area (Å²) >= 11 is 0. The van der Waals surface area contributed by atoms with E-state index in [9.17, 15) is 14.7 Å². The van der Waals surface area contributed by atoms with Crippen LogP contribution in [-0.2, 0) is 0 Å². The first kappa shape index (κ1) is 26.7. The van der Waals surface area contributed by atoms with Crippen LogP contribution in [0.2, 0.25) is 0 Å². The molecule has 204 valence electrons. The van der Waals surface area contributed by atoms with Gasteiger partial charge in [0.1, 0.15) is 23.2 Å². The number of likely N-dealkylation sites (tertiary alicyclic amines) is 1. The molecule has 0 unspecified atom stereocenters. The fourth-order valence-electron chi connectivity index (χ4n) is 4.62. The van der Waals surface area contributed by atoms with Gasteiger partial charge >= 0.3 is 5.97 Å². The Labute approximate surface area is 233 Å². The molecule has 1 aliphatic heterocycles. The number of phenols is 1. The Hall–Kier alpha value is -4.85. The number of hydrogen-bond donors (Lipinski definition) is 1. The number of carbonyl (C=O) groups excluding carboxylic acids is 2. The van der Waals surface area contributed by atoms with Crippen LogP contribution in [0.4, 0.5) is 5.69 Å². The lowest BCUT2D eigenvalue weighted by Crippen LogP contribution is -2.42. The van der Waals surface area contributed by atoms with Gasteiger partial charge < -0.3 is 24.4 Å². The zero-order valence-electron chi connectivity index (χ0n) is 22.5. The minimum atomic E-state index is -0.727. The third-order valence-corrected chi connectivity index (χ3v) is 6.91. The summed E-state index contributed by atoms with van der Waals surface area (Å²) in [6.07, 6.45) is 3.06. The highest BCUT2D eigenvalue weighted by molar-refractivity contribution is 5.99. The van der Waals surface area contributed by atoms with Crippen LogP contribution >= 0.6 is 0 Å². The van der Waals surface area contributed by atoms with Crippen LogP contribution in [0.1, 0.15) is 33.6 Å². The van der Waals surface area contributed by atoms with Gasteiger partial charge in [0.25, 0.3) is 5.91 Å². The lowest BCUT2D eigenvalue weighted by molar-refractivity contribution is 0.0582. The van der Waals surface area contributed by atoms with Gasteiger partial charge in [0.2, 0.25) is 5.88 Å². The molecule has 8 nitrogen and oxygen atoms in total. The molecule has 1 N–H and O–H groups in total. The van der Waals surface area contributed by atoms with Crippen LogP contribution in [0.15, 0.2) is 91.1 Å². The first-order valence-corrected chi connectivity index (χ1v) is 13.2. The van der Waals surface area contributed by atoms with Crippen molar-refractivity contribution in [2.45, 2.75) is 18.9 Å². The summed E-state index contributed by atoms with van der Waals surface area (Å²) in [7, 11) is 4.03. The van der Waals surface area contributed by atoms with Crippen LogP contribution in [0.3, 0.4) is 0 Å². The predicted octanol–water partition coefficient (Wildman–Crippen LogP) is 5.42. The van der Waals surface area contributed by atoms with Gasteiger partial charge in [-0.1, -0.05) is 36.4 Å². The molecule has 0 bridgehead atoms. The lowest BCUT2D eigenvalue weighted by Gasteiger charge is -2.32. The monoisotopic (exact) mass is 537 g/mol. The Morgan fingerprint density at radius 1 is 0.850 bits per heavy atom. The molecule has 0 spiro atoms. The number of hydrogen-bond acceptors (Lipinski definition) is 7. The molecule has 1 aromatic heterocycles. The van der Waals surface area contributed by atoms with Gasteiger partial charge in [-0.3, -0.25) is 4.79 Å². The highest BCUT2D eigenvalue weighted by Crippen LogP contribution is 2.27. The van der Waals surface area contributed by atoms with Gasteiger partial charge in [-0.2, -0.15) is 0 Å². The predicted molar refractivity (Wildman–Crippen MR) is 153 cm³/mol. The van der Waals surface area contributed by atoms with Gasteiger partial charge in [-0.25, -0.2) is 9.78 Å². The van der Waals surface area contributed by atoms with Crippen molar-refractivity contribution >= 4 is 17.6 Å². The molecule has 3 aromatic carbocycles. The van der Waals surface area contributed by atoms with Crippen molar-refractivity contribution in [3.05, 3.63) is 102 Å². The SMILES string of the molecule is CN(C)c1ccc(-c2ccc(OC3CCN(C(=O)c4ccccc4OC(=O)c4ccccc4O)CC3)nc2)cc1. The van der Waals surface area contributed by atoms with Crippen LogP contribution in [-0.4, -0.2) is 60.2 Å². The van der Waals surface area contributed by atoms with Crippen molar-refractivity contribution in [2.75, 3.05) is 32.1 Å². The normalized spacial score (nSPS) is 13.5. The first-order valence-electron chi connectivity index (χ1n) is 13.2. The summed E-state index contributed by atoms with van der Waals surface area (Å²) in [5.74, 6) is -0.419. The molecule has 0 saturated carbocycles. The summed E-state index contributed by atoms with van der Waals surface area (Å²) in [6.45, 7) is 1.00. The van der Waals surface area contributed by atoms with E-state index in [2.05, 4.69) is 34.1 Å². The van der Waals surface area contributed by atoms with Crippen molar-refractivity contribution < 1.29 is 24.2 Å². The number of pyridine rings is 1. The third-order valence-electron chi connectivity index (χ3n) is 6.91. The Kier molecular flexibility index (Phi) is 7.96. The molecule has 8 heteroatoms. The lowest BCUT2D eigenvalue weighted by atomic mass is 10.1. The van der Waals surface area contributed by atoms with E-state index in [1.807, 2.05) is 32.4 Å². The third kappa shape index (κ3) is 6.07. The molecular formula is C32H31N3O5. The van der Waals surface area contributed by atoms with E-state index in [4.69, 9.17) is 9.47 Å². The van der Waals surface area contributed by atoms with Gasteiger partial charge in [0, 0.05) is 63.5 Å². The minimum Gasteiger partial charge on any atom is -0.507 e. The van der Waals surface area contributed by atoms with Crippen LogP contribution < -0.4 is 14.4 Å². The zero-order valence-corrected chi connectivity index (χ0v) is 22.5. The largest absolute Gasteiger partial charge is 0.507 e. The number of aromatic hydroxyl groups is 1. The second-order valence-electron chi connectivity index (χ2n) is 9.84. The summed E-state index contributed by atoms with van der Waals surface area (Å²) in [5, 5.41) is 9.97. The molecule has 40 heavy (non-hydrogen) atoms. The number of ether oxygens (including phenoxy) is 2. The molecule has 1 amide bonds. The zero-order chi connectivity index (χ0) is 28.1. The van der Waals surface area contributed by atoms with E-state index in [0.29, 0.717) is 37.4 Å². The molecule has 1 fully saturated rings. The molecule has 4 aromatic rings. The second-order valence-corrected chi connectivity index (χ2v) is 9.84. The first-order chi connectivity index (χ1) is 19.4. The Morgan fingerprint density at radius 3 is 2.15 bits per heavy atom. The Balaban J connectivity index is 1.17. The van der Waals surface area contributed by atoms with E-state index in [1.165, 1.54) is 12.1 Å². The summed E-state index contributed by atoms with van der Waals surface area (Å²) in [6, 6.07) is 24.9. The maximum atomic E-state index is 13.3. The van der Waals surface area contributed by atoms with E-state index < -0.39 is 5.97 Å². The Morgan fingerprint density at radius 2 is 1.50 bits per heavy atom.